The van der Waals surface area contributed by atoms with Crippen LogP contribution in [0.2, 0.25) is 0 Å². The maximum atomic E-state index is 12.8. The van der Waals surface area contributed by atoms with Crippen LogP contribution in [0.4, 0.5) is 4.39 Å². The molecule has 2 aromatic rings. The highest BCUT2D eigenvalue weighted by Crippen LogP contribution is 2.17. The molecule has 1 aromatic heterocycles. The molecule has 1 heterocycles. The second kappa shape index (κ2) is 9.84. The molecule has 0 aliphatic carbocycles. The van der Waals surface area contributed by atoms with E-state index in [1.165, 1.54) is 12.1 Å². The number of hydrogen-bond donors (Lipinski definition) is 2. The van der Waals surface area contributed by atoms with Crippen LogP contribution in [-0.2, 0) is 6.54 Å². The molecule has 0 fully saturated rings. The molecule has 0 aliphatic rings. The Labute approximate surface area is 140 Å². The summed E-state index contributed by atoms with van der Waals surface area (Å²) in [5, 5.41) is 6.50. The molecule has 122 valence electrons. The van der Waals surface area contributed by atoms with Gasteiger partial charge in [0.15, 0.2) is 5.96 Å². The van der Waals surface area contributed by atoms with Crippen LogP contribution in [0.25, 0.3) is 0 Å². The first-order valence-corrected chi connectivity index (χ1v) is 8.57. The number of guanidine groups is 1. The average Bonchev–Trinajstić information content (AvgIpc) is 2.59. The van der Waals surface area contributed by atoms with Gasteiger partial charge in [-0.15, -0.1) is 11.8 Å². The Morgan fingerprint density at radius 3 is 2.70 bits per heavy atom. The van der Waals surface area contributed by atoms with Gasteiger partial charge in [-0.3, -0.25) is 4.98 Å². The lowest BCUT2D eigenvalue weighted by atomic mass is 10.3. The Balaban J connectivity index is 1.76. The molecule has 2 N–H and O–H groups in total. The number of hydrogen-bond acceptors (Lipinski definition) is 3. The molecular formula is C17H21FN4S. The van der Waals surface area contributed by atoms with Crippen molar-refractivity contribution in [3.05, 3.63) is 60.2 Å². The molecule has 0 amide bonds. The fraction of sp³-hybridized carbons (Fsp3) is 0.294. The number of thioether (sulfide) groups is 1. The van der Waals surface area contributed by atoms with Gasteiger partial charge in [-0.1, -0.05) is 6.07 Å². The highest BCUT2D eigenvalue weighted by molar-refractivity contribution is 7.99. The van der Waals surface area contributed by atoms with E-state index in [0.29, 0.717) is 6.54 Å². The number of aliphatic imine (C=N–C) groups is 1. The summed E-state index contributed by atoms with van der Waals surface area (Å²) in [4.78, 5) is 9.83. The van der Waals surface area contributed by atoms with Gasteiger partial charge < -0.3 is 10.6 Å². The van der Waals surface area contributed by atoms with Gasteiger partial charge in [-0.25, -0.2) is 9.38 Å². The summed E-state index contributed by atoms with van der Waals surface area (Å²) in [6.45, 7) is 4.15. The van der Waals surface area contributed by atoms with Crippen molar-refractivity contribution in [1.82, 2.24) is 15.6 Å². The van der Waals surface area contributed by atoms with Crippen molar-refractivity contribution >= 4 is 17.7 Å². The third kappa shape index (κ3) is 6.69. The summed E-state index contributed by atoms with van der Waals surface area (Å²) in [5.74, 6) is 1.45. The number of benzene rings is 1. The van der Waals surface area contributed by atoms with Crippen LogP contribution in [0.15, 0.2) is 58.5 Å². The normalized spacial score (nSPS) is 11.3. The van der Waals surface area contributed by atoms with Crippen molar-refractivity contribution in [2.45, 2.75) is 18.4 Å². The minimum atomic E-state index is -0.205. The van der Waals surface area contributed by atoms with Crippen LogP contribution in [0.5, 0.6) is 0 Å². The summed E-state index contributed by atoms with van der Waals surface area (Å²) < 4.78 is 12.8. The fourth-order valence-electron chi connectivity index (χ4n) is 1.86. The van der Waals surface area contributed by atoms with Gasteiger partial charge in [0.1, 0.15) is 5.82 Å². The van der Waals surface area contributed by atoms with Crippen molar-refractivity contribution in [2.75, 3.05) is 18.8 Å². The molecule has 0 spiro atoms. The van der Waals surface area contributed by atoms with Gasteiger partial charge in [0, 0.05) is 29.9 Å². The molecule has 6 heteroatoms. The van der Waals surface area contributed by atoms with Gasteiger partial charge in [-0.2, -0.15) is 0 Å². The average molecular weight is 332 g/mol. The van der Waals surface area contributed by atoms with Crippen LogP contribution in [0.1, 0.15) is 12.6 Å². The predicted molar refractivity (Wildman–Crippen MR) is 94.2 cm³/mol. The molecule has 0 radical (unpaired) electrons. The summed E-state index contributed by atoms with van der Waals surface area (Å²) >= 11 is 1.68. The van der Waals surface area contributed by atoms with E-state index in [4.69, 9.17) is 0 Å². The van der Waals surface area contributed by atoms with E-state index in [9.17, 15) is 4.39 Å². The minimum Gasteiger partial charge on any atom is -0.357 e. The molecule has 0 saturated carbocycles. The number of nitrogens with zero attached hydrogens (tertiary/aromatic N) is 2. The maximum absolute atomic E-state index is 12.8. The second-order valence-corrected chi connectivity index (χ2v) is 5.91. The highest BCUT2D eigenvalue weighted by Gasteiger charge is 1.99. The van der Waals surface area contributed by atoms with E-state index in [2.05, 4.69) is 20.6 Å². The molecule has 0 bridgehead atoms. The van der Waals surface area contributed by atoms with E-state index in [-0.39, 0.29) is 5.82 Å². The first kappa shape index (κ1) is 17.3. The smallest absolute Gasteiger partial charge is 0.191 e. The number of halogens is 1. The molecule has 0 atom stereocenters. The molecule has 1 aromatic carbocycles. The Hall–Kier alpha value is -2.08. The molecule has 2 rings (SSSR count). The van der Waals surface area contributed by atoms with Gasteiger partial charge in [0.05, 0.1) is 12.2 Å². The standard InChI is InChI=1S/C17H21FN4S/c1-2-19-17(22-13-15-5-3-4-10-20-15)21-11-12-23-16-8-6-14(18)7-9-16/h3-10H,2,11-13H2,1H3,(H2,19,21,22). The van der Waals surface area contributed by atoms with Crippen molar-refractivity contribution in [3.63, 3.8) is 0 Å². The van der Waals surface area contributed by atoms with E-state index in [1.807, 2.05) is 25.1 Å². The number of aromatic nitrogens is 1. The van der Waals surface area contributed by atoms with Crippen molar-refractivity contribution < 1.29 is 4.39 Å². The molecule has 4 nitrogen and oxygen atoms in total. The van der Waals surface area contributed by atoms with Crippen LogP contribution in [0, 0.1) is 5.82 Å². The van der Waals surface area contributed by atoms with Crippen LogP contribution >= 0.6 is 11.8 Å². The first-order chi connectivity index (χ1) is 11.3. The summed E-state index contributed by atoms with van der Waals surface area (Å²) in [7, 11) is 0. The largest absolute Gasteiger partial charge is 0.357 e. The van der Waals surface area contributed by atoms with Gasteiger partial charge in [0.2, 0.25) is 0 Å². The zero-order valence-corrected chi connectivity index (χ0v) is 13.9. The lowest BCUT2D eigenvalue weighted by molar-refractivity contribution is 0.626. The molecule has 0 saturated heterocycles. The quantitative estimate of drug-likeness (QED) is 0.354. The maximum Gasteiger partial charge on any atom is 0.191 e. The van der Waals surface area contributed by atoms with E-state index in [1.54, 1.807) is 30.1 Å². The van der Waals surface area contributed by atoms with Crippen LogP contribution < -0.4 is 10.6 Å². The first-order valence-electron chi connectivity index (χ1n) is 7.58. The lowest BCUT2D eigenvalue weighted by Gasteiger charge is -2.11. The number of nitrogens with one attached hydrogen (secondary N) is 2. The third-order valence-electron chi connectivity index (χ3n) is 2.95. The van der Waals surface area contributed by atoms with Crippen LogP contribution in [-0.4, -0.2) is 29.8 Å². The SMILES string of the molecule is CCNC(=NCc1ccccn1)NCCSc1ccc(F)cc1. The Morgan fingerprint density at radius 2 is 2.00 bits per heavy atom. The van der Waals surface area contributed by atoms with Crippen molar-refractivity contribution in [2.24, 2.45) is 4.99 Å². The minimum absolute atomic E-state index is 0.205. The topological polar surface area (TPSA) is 49.3 Å². The number of pyridine rings is 1. The van der Waals surface area contributed by atoms with E-state index >= 15 is 0 Å². The lowest BCUT2D eigenvalue weighted by Crippen LogP contribution is -2.38. The Bertz CT molecular complexity index is 602. The monoisotopic (exact) mass is 332 g/mol. The summed E-state index contributed by atoms with van der Waals surface area (Å²) in [6.07, 6.45) is 1.77. The van der Waals surface area contributed by atoms with Crippen molar-refractivity contribution in [1.29, 1.82) is 0 Å². The van der Waals surface area contributed by atoms with E-state index < -0.39 is 0 Å². The zero-order valence-electron chi connectivity index (χ0n) is 13.1. The summed E-state index contributed by atoms with van der Waals surface area (Å²) in [6, 6.07) is 12.3. The van der Waals surface area contributed by atoms with Gasteiger partial charge >= 0.3 is 0 Å². The predicted octanol–water partition coefficient (Wildman–Crippen LogP) is 3.07. The molecule has 0 unspecified atom stereocenters. The number of rotatable bonds is 7. The molecular weight excluding hydrogens is 311 g/mol. The van der Waals surface area contributed by atoms with Crippen molar-refractivity contribution in [3.8, 4) is 0 Å². The van der Waals surface area contributed by atoms with Gasteiger partial charge in [0.25, 0.3) is 0 Å². The Kier molecular flexibility index (Phi) is 7.39. The summed E-state index contributed by atoms with van der Waals surface area (Å²) in [5.41, 5.74) is 0.936. The highest BCUT2D eigenvalue weighted by atomic mass is 32.2. The fourth-order valence-corrected chi connectivity index (χ4v) is 2.63. The second-order valence-electron chi connectivity index (χ2n) is 4.75. The van der Waals surface area contributed by atoms with Crippen LogP contribution in [0.3, 0.4) is 0 Å². The molecule has 0 aliphatic heterocycles. The third-order valence-corrected chi connectivity index (χ3v) is 3.96. The zero-order chi connectivity index (χ0) is 16.3. The Morgan fingerprint density at radius 1 is 1.17 bits per heavy atom. The molecule has 23 heavy (non-hydrogen) atoms. The van der Waals surface area contributed by atoms with Gasteiger partial charge in [-0.05, 0) is 43.3 Å². The van der Waals surface area contributed by atoms with E-state index in [0.717, 1.165) is 35.4 Å².